The van der Waals surface area contributed by atoms with E-state index in [1.54, 1.807) is 55.6 Å². The van der Waals surface area contributed by atoms with Crippen molar-refractivity contribution in [3.63, 3.8) is 0 Å². The summed E-state index contributed by atoms with van der Waals surface area (Å²) in [5, 5.41) is 9.03. The lowest BCUT2D eigenvalue weighted by molar-refractivity contribution is -0.135. The van der Waals surface area contributed by atoms with Crippen molar-refractivity contribution in [2.45, 2.75) is 0 Å². The van der Waals surface area contributed by atoms with Crippen LogP contribution in [0.4, 0.5) is 5.69 Å². The summed E-state index contributed by atoms with van der Waals surface area (Å²) >= 11 is 0. The summed E-state index contributed by atoms with van der Waals surface area (Å²) < 4.78 is 10.3. The normalized spacial score (nSPS) is 9.96. The fourth-order valence-electron chi connectivity index (χ4n) is 2.00. The summed E-state index contributed by atoms with van der Waals surface area (Å²) in [6.07, 6.45) is 0. The number of carboxylic acid groups (broad SMARTS) is 1. The predicted octanol–water partition coefficient (Wildman–Crippen LogP) is 2.19. The van der Waals surface area contributed by atoms with Gasteiger partial charge in [0.25, 0.3) is 0 Å². The number of benzene rings is 2. The number of carbonyl (C=O) groups is 2. The van der Waals surface area contributed by atoms with Crippen LogP contribution >= 0.6 is 0 Å². The van der Waals surface area contributed by atoms with Crippen LogP contribution in [0.25, 0.3) is 0 Å². The second-order valence-electron chi connectivity index (χ2n) is 4.73. The van der Waals surface area contributed by atoms with Crippen LogP contribution in [0.1, 0.15) is 0 Å². The van der Waals surface area contributed by atoms with Gasteiger partial charge in [0.2, 0.25) is 0 Å². The summed E-state index contributed by atoms with van der Waals surface area (Å²) in [6.45, 7) is -0.482. The highest BCUT2D eigenvalue weighted by molar-refractivity contribution is 5.81. The van der Waals surface area contributed by atoms with E-state index in [1.165, 1.54) is 4.90 Å². The molecule has 0 aliphatic rings. The molecule has 6 nitrogen and oxygen atoms in total. The van der Waals surface area contributed by atoms with Gasteiger partial charge in [-0.2, -0.15) is 0 Å². The molecule has 2 rings (SSSR count). The third kappa shape index (κ3) is 5.03. The molecule has 0 bridgehead atoms. The van der Waals surface area contributed by atoms with E-state index in [-0.39, 0.29) is 13.1 Å². The van der Waals surface area contributed by atoms with Crippen molar-refractivity contribution in [2.75, 3.05) is 25.1 Å². The molecule has 1 N–H and O–H groups in total. The van der Waals surface area contributed by atoms with Crippen molar-refractivity contribution < 1.29 is 24.2 Å². The Morgan fingerprint density at radius 1 is 0.957 bits per heavy atom. The Kier molecular flexibility index (Phi) is 5.57. The zero-order valence-electron chi connectivity index (χ0n) is 12.6. The van der Waals surface area contributed by atoms with Crippen molar-refractivity contribution in [2.24, 2.45) is 0 Å². The maximum atomic E-state index is 12.0. The summed E-state index contributed by atoms with van der Waals surface area (Å²) in [7, 11) is 1.54. The lowest BCUT2D eigenvalue weighted by atomic mass is 10.2. The van der Waals surface area contributed by atoms with Crippen LogP contribution in [0.2, 0.25) is 0 Å². The van der Waals surface area contributed by atoms with Crippen molar-refractivity contribution in [1.29, 1.82) is 0 Å². The lowest BCUT2D eigenvalue weighted by Gasteiger charge is -2.22. The quantitative estimate of drug-likeness (QED) is 0.623. The van der Waals surface area contributed by atoms with Crippen LogP contribution in [-0.2, 0) is 9.59 Å². The van der Waals surface area contributed by atoms with E-state index in [4.69, 9.17) is 14.6 Å². The molecule has 0 amide bonds. The molecule has 0 radical (unpaired) electrons. The fraction of sp³-hybridized carbons (Fsp3) is 0.176. The molecular weight excluding hydrogens is 298 g/mol. The van der Waals surface area contributed by atoms with Gasteiger partial charge in [-0.05, 0) is 36.4 Å². The Morgan fingerprint density at radius 3 is 2.17 bits per heavy atom. The van der Waals surface area contributed by atoms with E-state index < -0.39 is 11.9 Å². The van der Waals surface area contributed by atoms with E-state index in [0.717, 1.165) is 0 Å². The number of esters is 1. The second-order valence-corrected chi connectivity index (χ2v) is 4.73. The number of aliphatic carboxylic acids is 1. The third-order valence-corrected chi connectivity index (χ3v) is 3.06. The highest BCUT2D eigenvalue weighted by Crippen LogP contribution is 2.19. The average molecular weight is 315 g/mol. The van der Waals surface area contributed by atoms with Gasteiger partial charge < -0.3 is 19.5 Å². The number of ether oxygens (including phenoxy) is 2. The molecule has 0 atom stereocenters. The topological polar surface area (TPSA) is 76.1 Å². The zero-order valence-corrected chi connectivity index (χ0v) is 12.6. The van der Waals surface area contributed by atoms with Crippen LogP contribution in [-0.4, -0.2) is 37.2 Å². The molecule has 0 spiro atoms. The first-order valence-electron chi connectivity index (χ1n) is 6.95. The first kappa shape index (κ1) is 16.4. The smallest absolute Gasteiger partial charge is 0.330 e. The summed E-state index contributed by atoms with van der Waals surface area (Å²) in [6, 6.07) is 15.4. The van der Waals surface area contributed by atoms with Gasteiger partial charge in [-0.1, -0.05) is 18.2 Å². The highest BCUT2D eigenvalue weighted by Gasteiger charge is 2.16. The molecule has 120 valence electrons. The molecule has 0 aliphatic heterocycles. The number of hydrogen-bond donors (Lipinski definition) is 1. The predicted molar refractivity (Wildman–Crippen MR) is 84.9 cm³/mol. The van der Waals surface area contributed by atoms with Crippen molar-refractivity contribution in [3.05, 3.63) is 54.6 Å². The molecular formula is C17H17NO5. The number of para-hydroxylation sites is 1. The minimum Gasteiger partial charge on any atom is -0.497 e. The number of carbonyl (C=O) groups excluding carboxylic acids is 1. The molecule has 23 heavy (non-hydrogen) atoms. The van der Waals surface area contributed by atoms with Crippen LogP contribution in [0.5, 0.6) is 11.5 Å². The molecule has 2 aromatic carbocycles. The maximum Gasteiger partial charge on any atom is 0.330 e. The number of anilines is 1. The van der Waals surface area contributed by atoms with Gasteiger partial charge >= 0.3 is 11.9 Å². The summed E-state index contributed by atoms with van der Waals surface area (Å²) in [5.41, 5.74) is 0.596. The first-order chi connectivity index (χ1) is 11.1. The molecule has 0 fully saturated rings. The van der Waals surface area contributed by atoms with E-state index in [0.29, 0.717) is 17.2 Å². The van der Waals surface area contributed by atoms with E-state index in [9.17, 15) is 9.59 Å². The molecule has 0 saturated heterocycles. The molecule has 2 aromatic rings. The number of carboxylic acids is 1. The average Bonchev–Trinajstić information content (AvgIpc) is 2.55. The molecule has 6 heteroatoms. The van der Waals surface area contributed by atoms with Gasteiger partial charge in [0, 0.05) is 5.69 Å². The van der Waals surface area contributed by atoms with Crippen LogP contribution in [0.15, 0.2) is 54.6 Å². The van der Waals surface area contributed by atoms with Gasteiger partial charge in [0.1, 0.15) is 24.6 Å². The Bertz CT molecular complexity index is 654. The second kappa shape index (κ2) is 7.84. The van der Waals surface area contributed by atoms with Crippen molar-refractivity contribution >= 4 is 17.6 Å². The molecule has 0 unspecified atom stereocenters. The van der Waals surface area contributed by atoms with Gasteiger partial charge in [-0.15, -0.1) is 0 Å². The summed E-state index contributed by atoms with van der Waals surface area (Å²) in [4.78, 5) is 24.5. The van der Waals surface area contributed by atoms with Gasteiger partial charge in [0.15, 0.2) is 0 Å². The Labute approximate surface area is 133 Å². The Morgan fingerprint density at radius 2 is 1.61 bits per heavy atom. The first-order valence-corrected chi connectivity index (χ1v) is 6.95. The number of hydrogen-bond acceptors (Lipinski definition) is 5. The SMILES string of the molecule is COc1ccc(N(CC(=O)O)CC(=O)Oc2ccccc2)cc1. The monoisotopic (exact) mass is 315 g/mol. The fourth-order valence-corrected chi connectivity index (χ4v) is 2.00. The third-order valence-electron chi connectivity index (χ3n) is 3.06. The largest absolute Gasteiger partial charge is 0.497 e. The summed E-state index contributed by atoms with van der Waals surface area (Å²) in [5.74, 6) is -0.500. The number of rotatable bonds is 7. The van der Waals surface area contributed by atoms with Crippen molar-refractivity contribution in [1.82, 2.24) is 0 Å². The van der Waals surface area contributed by atoms with Gasteiger partial charge in [-0.3, -0.25) is 4.79 Å². The Hall–Kier alpha value is -3.02. The Balaban J connectivity index is 2.08. The van der Waals surface area contributed by atoms with Crippen molar-refractivity contribution in [3.8, 4) is 11.5 Å². The van der Waals surface area contributed by atoms with Crippen LogP contribution in [0.3, 0.4) is 0 Å². The number of nitrogens with zero attached hydrogens (tertiary/aromatic N) is 1. The standard InChI is InChI=1S/C17H17NO5/c1-22-14-9-7-13(8-10-14)18(11-16(19)20)12-17(21)23-15-5-3-2-4-6-15/h2-10H,11-12H2,1H3,(H,19,20). The molecule has 0 saturated carbocycles. The molecule has 0 heterocycles. The maximum absolute atomic E-state index is 12.0. The van der Waals surface area contributed by atoms with Crippen LogP contribution < -0.4 is 14.4 Å². The minimum atomic E-state index is -1.03. The van der Waals surface area contributed by atoms with E-state index in [2.05, 4.69) is 0 Å². The van der Waals surface area contributed by atoms with Crippen LogP contribution in [0, 0.1) is 0 Å². The van der Waals surface area contributed by atoms with E-state index in [1.807, 2.05) is 6.07 Å². The zero-order chi connectivity index (χ0) is 16.7. The minimum absolute atomic E-state index is 0.173. The molecule has 0 aliphatic carbocycles. The van der Waals surface area contributed by atoms with Gasteiger partial charge in [-0.25, -0.2) is 4.79 Å². The molecule has 0 aromatic heterocycles. The van der Waals surface area contributed by atoms with E-state index >= 15 is 0 Å². The lowest BCUT2D eigenvalue weighted by Crippen LogP contribution is -2.36. The number of methoxy groups -OCH3 is 1. The van der Waals surface area contributed by atoms with Gasteiger partial charge in [0.05, 0.1) is 7.11 Å². The highest BCUT2D eigenvalue weighted by atomic mass is 16.5.